The Balaban J connectivity index is 1.78. The van der Waals surface area contributed by atoms with Crippen molar-refractivity contribution in [2.75, 3.05) is 5.32 Å². The van der Waals surface area contributed by atoms with Crippen LogP contribution in [0.1, 0.15) is 25.5 Å². The number of imidazole rings is 1. The first-order chi connectivity index (χ1) is 11.6. The zero-order valence-electron chi connectivity index (χ0n) is 13.9. The molecule has 0 aliphatic rings. The lowest BCUT2D eigenvalue weighted by atomic mass is 10.3. The molecule has 3 aromatic rings. The topological polar surface area (TPSA) is 84.7 Å². The molecule has 0 saturated carbocycles. The van der Waals surface area contributed by atoms with Crippen LogP contribution in [0.25, 0.3) is 11.0 Å². The third-order valence-electron chi connectivity index (χ3n) is 3.91. The van der Waals surface area contributed by atoms with Crippen molar-refractivity contribution in [2.45, 2.75) is 39.8 Å². The molecule has 2 aromatic heterocycles. The highest BCUT2D eigenvalue weighted by Gasteiger charge is 2.13. The van der Waals surface area contributed by atoms with Crippen molar-refractivity contribution < 1.29 is 4.79 Å². The van der Waals surface area contributed by atoms with Gasteiger partial charge in [0.1, 0.15) is 0 Å². The molecule has 0 fully saturated rings. The van der Waals surface area contributed by atoms with Crippen LogP contribution in [0.2, 0.25) is 0 Å². The highest BCUT2D eigenvalue weighted by Crippen LogP contribution is 2.14. The first-order valence-electron chi connectivity index (χ1n) is 8.10. The molecule has 0 saturated heterocycles. The summed E-state index contributed by atoms with van der Waals surface area (Å²) >= 11 is 0. The maximum atomic E-state index is 12.6. The second-order valence-corrected chi connectivity index (χ2v) is 5.81. The number of aromatic amines is 1. The van der Waals surface area contributed by atoms with Gasteiger partial charge in [0.2, 0.25) is 5.91 Å². The predicted molar refractivity (Wildman–Crippen MR) is 93.1 cm³/mol. The van der Waals surface area contributed by atoms with E-state index in [1.807, 2.05) is 38.1 Å². The highest BCUT2D eigenvalue weighted by atomic mass is 16.2. The van der Waals surface area contributed by atoms with Crippen LogP contribution in [-0.2, 0) is 17.9 Å². The van der Waals surface area contributed by atoms with Gasteiger partial charge in [-0.05, 0) is 25.5 Å². The molecular formula is C17H21N5O2. The molecule has 1 amide bonds. The molecule has 1 aromatic carbocycles. The van der Waals surface area contributed by atoms with E-state index in [1.165, 1.54) is 0 Å². The number of amides is 1. The van der Waals surface area contributed by atoms with Crippen LogP contribution in [0.15, 0.2) is 35.1 Å². The van der Waals surface area contributed by atoms with Gasteiger partial charge in [0.15, 0.2) is 5.82 Å². The summed E-state index contributed by atoms with van der Waals surface area (Å²) in [4.78, 5) is 24.7. The Labute approximate surface area is 139 Å². The fraction of sp³-hybridized carbons (Fsp3) is 0.353. The molecule has 24 heavy (non-hydrogen) atoms. The zero-order chi connectivity index (χ0) is 17.1. The summed E-state index contributed by atoms with van der Waals surface area (Å²) in [6, 6.07) is 9.44. The Bertz CT molecular complexity index is 919. The van der Waals surface area contributed by atoms with Gasteiger partial charge in [-0.2, -0.15) is 5.10 Å². The van der Waals surface area contributed by atoms with E-state index in [0.717, 1.165) is 23.1 Å². The molecule has 2 N–H and O–H groups in total. The first kappa shape index (κ1) is 16.0. The lowest BCUT2D eigenvalue weighted by Gasteiger charge is -2.04. The molecule has 0 aliphatic carbocycles. The molecule has 0 radical (unpaired) electrons. The average molecular weight is 327 g/mol. The Morgan fingerprint density at radius 1 is 1.21 bits per heavy atom. The Kier molecular flexibility index (Phi) is 4.50. The number of H-pyrrole nitrogens is 1. The van der Waals surface area contributed by atoms with Crippen molar-refractivity contribution in [3.63, 3.8) is 0 Å². The zero-order valence-corrected chi connectivity index (χ0v) is 13.9. The number of rotatable bonds is 6. The predicted octanol–water partition coefficient (Wildman–Crippen LogP) is 2.27. The number of aryl methyl sites for hydroxylation is 3. The lowest BCUT2D eigenvalue weighted by molar-refractivity contribution is -0.116. The Morgan fingerprint density at radius 2 is 1.88 bits per heavy atom. The molecule has 7 heteroatoms. The van der Waals surface area contributed by atoms with Crippen molar-refractivity contribution in [2.24, 2.45) is 0 Å². The molecule has 2 heterocycles. The first-order valence-corrected chi connectivity index (χ1v) is 8.10. The molecular weight excluding hydrogens is 306 g/mol. The maximum absolute atomic E-state index is 12.6. The second-order valence-electron chi connectivity index (χ2n) is 5.81. The summed E-state index contributed by atoms with van der Waals surface area (Å²) in [5, 5.41) is 9.48. The molecule has 3 rings (SSSR count). The van der Waals surface area contributed by atoms with E-state index in [2.05, 4.69) is 15.5 Å². The number of carbonyl (C=O) groups is 1. The number of hydrogen-bond acceptors (Lipinski definition) is 3. The van der Waals surface area contributed by atoms with Crippen molar-refractivity contribution >= 4 is 22.8 Å². The van der Waals surface area contributed by atoms with Gasteiger partial charge in [-0.3, -0.25) is 19.0 Å². The number of para-hydroxylation sites is 2. The van der Waals surface area contributed by atoms with Crippen LogP contribution >= 0.6 is 0 Å². The van der Waals surface area contributed by atoms with Gasteiger partial charge in [0.25, 0.3) is 0 Å². The molecule has 0 bridgehead atoms. The third kappa shape index (κ3) is 3.10. The highest BCUT2D eigenvalue weighted by molar-refractivity contribution is 5.89. The molecule has 126 valence electrons. The van der Waals surface area contributed by atoms with Crippen molar-refractivity contribution in [3.8, 4) is 0 Å². The summed E-state index contributed by atoms with van der Waals surface area (Å²) in [5.74, 6) is 0.332. The SMILES string of the molecule is CCCn1c(=O)n(CCC(=O)Nc2cc(C)[nH]n2)c2ccccc21. The third-order valence-corrected chi connectivity index (χ3v) is 3.91. The van der Waals surface area contributed by atoms with Gasteiger partial charge in [0, 0.05) is 31.3 Å². The number of nitrogens with zero attached hydrogens (tertiary/aromatic N) is 3. The fourth-order valence-electron chi connectivity index (χ4n) is 2.83. The van der Waals surface area contributed by atoms with E-state index < -0.39 is 0 Å². The average Bonchev–Trinajstić information content (AvgIpc) is 3.08. The smallest absolute Gasteiger partial charge is 0.309 e. The van der Waals surface area contributed by atoms with Gasteiger partial charge < -0.3 is 5.32 Å². The number of nitrogens with one attached hydrogen (secondary N) is 2. The Hall–Kier alpha value is -2.83. The normalized spacial score (nSPS) is 11.1. The van der Waals surface area contributed by atoms with E-state index >= 15 is 0 Å². The standard InChI is InChI=1S/C17H21N5O2/c1-3-9-21-13-6-4-5-7-14(13)22(17(21)24)10-8-16(23)18-15-11-12(2)19-20-15/h4-7,11H,3,8-10H2,1-2H3,(H2,18,19,20,23). The summed E-state index contributed by atoms with van der Waals surface area (Å²) in [5.41, 5.74) is 2.58. The van der Waals surface area contributed by atoms with Crippen LogP contribution in [-0.4, -0.2) is 25.2 Å². The molecule has 0 aliphatic heterocycles. The molecule has 7 nitrogen and oxygen atoms in total. The maximum Gasteiger partial charge on any atom is 0.329 e. The number of fused-ring (bicyclic) bond motifs is 1. The van der Waals surface area contributed by atoms with Crippen LogP contribution in [0.5, 0.6) is 0 Å². The van der Waals surface area contributed by atoms with Crippen molar-refractivity contribution in [3.05, 3.63) is 46.5 Å². The van der Waals surface area contributed by atoms with E-state index in [1.54, 1.807) is 15.2 Å². The summed E-state index contributed by atoms with van der Waals surface area (Å²) in [7, 11) is 0. The van der Waals surface area contributed by atoms with E-state index in [-0.39, 0.29) is 18.0 Å². The quantitative estimate of drug-likeness (QED) is 0.728. The van der Waals surface area contributed by atoms with Gasteiger partial charge in [0.05, 0.1) is 11.0 Å². The molecule has 0 unspecified atom stereocenters. The monoisotopic (exact) mass is 327 g/mol. The second kappa shape index (κ2) is 6.74. The van der Waals surface area contributed by atoms with Gasteiger partial charge in [-0.1, -0.05) is 19.1 Å². The lowest BCUT2D eigenvalue weighted by Crippen LogP contribution is -2.26. The van der Waals surface area contributed by atoms with Gasteiger partial charge >= 0.3 is 5.69 Å². The van der Waals surface area contributed by atoms with Gasteiger partial charge in [-0.15, -0.1) is 0 Å². The fourth-order valence-corrected chi connectivity index (χ4v) is 2.83. The van der Waals surface area contributed by atoms with E-state index in [4.69, 9.17) is 0 Å². The number of carbonyl (C=O) groups excluding carboxylic acids is 1. The van der Waals surface area contributed by atoms with Crippen LogP contribution in [0.3, 0.4) is 0 Å². The largest absolute Gasteiger partial charge is 0.329 e. The molecule has 0 spiro atoms. The molecule has 0 atom stereocenters. The Morgan fingerprint density at radius 3 is 2.46 bits per heavy atom. The minimum atomic E-state index is -0.166. The van der Waals surface area contributed by atoms with E-state index in [0.29, 0.717) is 18.9 Å². The van der Waals surface area contributed by atoms with Crippen LogP contribution in [0, 0.1) is 6.92 Å². The number of hydrogen-bond donors (Lipinski definition) is 2. The van der Waals surface area contributed by atoms with Gasteiger partial charge in [-0.25, -0.2) is 4.79 Å². The minimum Gasteiger partial charge on any atom is -0.309 e. The van der Waals surface area contributed by atoms with Crippen molar-refractivity contribution in [1.29, 1.82) is 0 Å². The van der Waals surface area contributed by atoms with Crippen molar-refractivity contribution in [1.82, 2.24) is 19.3 Å². The summed E-state index contributed by atoms with van der Waals surface area (Å²) in [6.45, 7) is 4.92. The van der Waals surface area contributed by atoms with Crippen LogP contribution < -0.4 is 11.0 Å². The number of benzene rings is 1. The van der Waals surface area contributed by atoms with E-state index in [9.17, 15) is 9.59 Å². The van der Waals surface area contributed by atoms with Crippen LogP contribution in [0.4, 0.5) is 5.82 Å². The summed E-state index contributed by atoms with van der Waals surface area (Å²) < 4.78 is 3.44. The summed E-state index contributed by atoms with van der Waals surface area (Å²) in [6.07, 6.45) is 1.10. The number of anilines is 1. The number of aromatic nitrogens is 4. The minimum absolute atomic E-state index is 0.0681.